The number of allylic oxidation sites excluding steroid dienone is 4. The minimum absolute atomic E-state index is 0.232. The molecule has 0 amide bonds. The van der Waals surface area contributed by atoms with E-state index < -0.39 is 30.4 Å². The van der Waals surface area contributed by atoms with Crippen molar-refractivity contribution in [3.63, 3.8) is 0 Å². The third-order valence-corrected chi connectivity index (χ3v) is 3.72. The number of halogens is 3. The molecule has 1 aliphatic rings. The lowest BCUT2D eigenvalue weighted by atomic mass is 9.75. The van der Waals surface area contributed by atoms with Crippen molar-refractivity contribution in [3.8, 4) is 0 Å². The number of alkyl halides is 3. The van der Waals surface area contributed by atoms with Crippen molar-refractivity contribution in [2.45, 2.75) is 25.4 Å². The Morgan fingerprint density at radius 1 is 1.24 bits per heavy atom. The Hall–Kier alpha value is -2.04. The third-order valence-electron chi connectivity index (χ3n) is 3.72. The van der Waals surface area contributed by atoms with Gasteiger partial charge in [0.25, 0.3) is 0 Å². The van der Waals surface area contributed by atoms with E-state index in [2.05, 4.69) is 0 Å². The molecule has 1 atom stereocenters. The minimum Gasteiger partial charge on any atom is -0.481 e. The average Bonchev–Trinajstić information content (AvgIpc) is 2.45. The van der Waals surface area contributed by atoms with Crippen LogP contribution in [0, 0.1) is 5.41 Å². The normalized spacial score (nSPS) is 22.0. The molecule has 21 heavy (non-hydrogen) atoms. The predicted octanol–water partition coefficient (Wildman–Crippen LogP) is 4.44. The maximum Gasteiger partial charge on any atom is 0.398 e. The molecular formula is C16H15F3O2. The van der Waals surface area contributed by atoms with Gasteiger partial charge in [0.2, 0.25) is 0 Å². The van der Waals surface area contributed by atoms with Crippen molar-refractivity contribution < 1.29 is 23.1 Å². The Bertz CT molecular complexity index is 573. The van der Waals surface area contributed by atoms with Gasteiger partial charge < -0.3 is 5.11 Å². The van der Waals surface area contributed by atoms with E-state index in [0.29, 0.717) is 0 Å². The highest BCUT2D eigenvalue weighted by atomic mass is 19.4. The molecule has 0 saturated carbocycles. The standard InChI is InChI=1S/C16H15F3O2/c17-16(18,19)15(11-8-14(20)21)9-6-13(7-10-15)12-4-2-1-3-5-12/h1-7,9H,8,10-11H2,(H,20,21). The zero-order valence-corrected chi connectivity index (χ0v) is 11.2. The number of aliphatic carboxylic acids is 1. The molecule has 0 bridgehead atoms. The molecule has 1 aliphatic carbocycles. The highest BCUT2D eigenvalue weighted by molar-refractivity contribution is 5.75. The van der Waals surface area contributed by atoms with Crippen LogP contribution in [0.1, 0.15) is 24.8 Å². The molecule has 0 spiro atoms. The Morgan fingerprint density at radius 2 is 1.90 bits per heavy atom. The molecule has 0 heterocycles. The highest BCUT2D eigenvalue weighted by Gasteiger charge is 2.52. The van der Waals surface area contributed by atoms with Crippen LogP contribution in [0.3, 0.4) is 0 Å². The minimum atomic E-state index is -4.46. The Morgan fingerprint density at radius 3 is 2.38 bits per heavy atom. The van der Waals surface area contributed by atoms with Gasteiger partial charge in [-0.2, -0.15) is 13.2 Å². The second-order valence-corrected chi connectivity index (χ2v) is 5.11. The topological polar surface area (TPSA) is 37.3 Å². The molecule has 0 fully saturated rings. The van der Waals surface area contributed by atoms with Crippen LogP contribution in [0.15, 0.2) is 48.6 Å². The molecule has 0 aromatic heterocycles. The maximum absolute atomic E-state index is 13.3. The fourth-order valence-electron chi connectivity index (χ4n) is 2.39. The molecule has 2 nitrogen and oxygen atoms in total. The maximum atomic E-state index is 13.3. The van der Waals surface area contributed by atoms with E-state index in [4.69, 9.17) is 5.11 Å². The SMILES string of the molecule is O=C(O)CCC1(C(F)(F)F)C=CC(c2ccccc2)=CC1. The second-order valence-electron chi connectivity index (χ2n) is 5.11. The van der Waals surface area contributed by atoms with E-state index in [0.717, 1.165) is 17.2 Å². The molecule has 5 heteroatoms. The fraction of sp³-hybridized carbons (Fsp3) is 0.312. The summed E-state index contributed by atoms with van der Waals surface area (Å²) in [5.74, 6) is -1.22. The summed E-state index contributed by atoms with van der Waals surface area (Å²) >= 11 is 0. The Balaban J connectivity index is 2.23. The van der Waals surface area contributed by atoms with Gasteiger partial charge in [-0.25, -0.2) is 0 Å². The zero-order chi connectivity index (χ0) is 15.5. The molecular weight excluding hydrogens is 281 g/mol. The van der Waals surface area contributed by atoms with Gasteiger partial charge in [-0.15, -0.1) is 0 Å². The average molecular weight is 296 g/mol. The van der Waals surface area contributed by atoms with E-state index in [1.165, 1.54) is 12.2 Å². The van der Waals surface area contributed by atoms with Crippen LogP contribution in [0.4, 0.5) is 13.2 Å². The summed E-state index contributed by atoms with van der Waals surface area (Å²) in [5, 5.41) is 8.65. The van der Waals surface area contributed by atoms with Gasteiger partial charge in [-0.3, -0.25) is 4.79 Å². The molecule has 112 valence electrons. The van der Waals surface area contributed by atoms with Crippen LogP contribution >= 0.6 is 0 Å². The number of carboxylic acid groups (broad SMARTS) is 1. The van der Waals surface area contributed by atoms with Crippen LogP contribution < -0.4 is 0 Å². The number of carbonyl (C=O) groups is 1. The smallest absolute Gasteiger partial charge is 0.398 e. The monoisotopic (exact) mass is 296 g/mol. The first-order chi connectivity index (χ1) is 9.84. The van der Waals surface area contributed by atoms with Crippen LogP contribution in [0.2, 0.25) is 0 Å². The van der Waals surface area contributed by atoms with E-state index >= 15 is 0 Å². The van der Waals surface area contributed by atoms with Gasteiger partial charge in [0.1, 0.15) is 0 Å². The number of hydrogen-bond donors (Lipinski definition) is 1. The number of carboxylic acids is 1. The molecule has 0 radical (unpaired) electrons. The van der Waals surface area contributed by atoms with Gasteiger partial charge in [0, 0.05) is 6.42 Å². The van der Waals surface area contributed by atoms with Crippen molar-refractivity contribution in [2.24, 2.45) is 5.41 Å². The molecule has 1 aromatic rings. The van der Waals surface area contributed by atoms with Gasteiger partial charge in [-0.05, 0) is 24.0 Å². The summed E-state index contributed by atoms with van der Waals surface area (Å²) in [6.45, 7) is 0. The van der Waals surface area contributed by atoms with E-state index in [-0.39, 0.29) is 6.42 Å². The molecule has 0 aliphatic heterocycles. The summed E-state index contributed by atoms with van der Waals surface area (Å²) in [4.78, 5) is 10.6. The Labute approximate surface area is 120 Å². The van der Waals surface area contributed by atoms with Gasteiger partial charge in [-0.1, -0.05) is 48.6 Å². The highest BCUT2D eigenvalue weighted by Crippen LogP contribution is 2.49. The van der Waals surface area contributed by atoms with Gasteiger partial charge in [0.05, 0.1) is 5.41 Å². The van der Waals surface area contributed by atoms with E-state index in [1.54, 1.807) is 0 Å². The predicted molar refractivity (Wildman–Crippen MR) is 73.5 cm³/mol. The lowest BCUT2D eigenvalue weighted by Gasteiger charge is -2.34. The molecule has 2 rings (SSSR count). The molecule has 1 unspecified atom stereocenters. The lowest BCUT2D eigenvalue weighted by Crippen LogP contribution is -2.37. The summed E-state index contributed by atoms with van der Waals surface area (Å²) in [6.07, 6.45) is -1.56. The molecule has 0 saturated heterocycles. The number of benzene rings is 1. The van der Waals surface area contributed by atoms with Crippen LogP contribution in [0.25, 0.3) is 5.57 Å². The van der Waals surface area contributed by atoms with Crippen molar-refractivity contribution >= 4 is 11.5 Å². The molecule has 1 N–H and O–H groups in total. The largest absolute Gasteiger partial charge is 0.481 e. The van der Waals surface area contributed by atoms with Crippen molar-refractivity contribution in [1.82, 2.24) is 0 Å². The second kappa shape index (κ2) is 5.76. The number of hydrogen-bond acceptors (Lipinski definition) is 1. The summed E-state index contributed by atoms with van der Waals surface area (Å²) in [7, 11) is 0. The number of rotatable bonds is 4. The van der Waals surface area contributed by atoms with E-state index in [9.17, 15) is 18.0 Å². The van der Waals surface area contributed by atoms with E-state index in [1.807, 2.05) is 30.3 Å². The summed E-state index contributed by atoms with van der Waals surface area (Å²) in [6, 6.07) is 9.13. The van der Waals surface area contributed by atoms with Crippen LogP contribution in [-0.2, 0) is 4.79 Å². The van der Waals surface area contributed by atoms with Crippen LogP contribution in [0.5, 0.6) is 0 Å². The fourth-order valence-corrected chi connectivity index (χ4v) is 2.39. The first kappa shape index (κ1) is 15.4. The van der Waals surface area contributed by atoms with Crippen molar-refractivity contribution in [1.29, 1.82) is 0 Å². The first-order valence-electron chi connectivity index (χ1n) is 6.57. The summed E-state index contributed by atoms with van der Waals surface area (Å²) in [5.41, 5.74) is -0.502. The first-order valence-corrected chi connectivity index (χ1v) is 6.57. The van der Waals surface area contributed by atoms with Crippen LogP contribution in [-0.4, -0.2) is 17.3 Å². The molecule has 1 aromatic carbocycles. The van der Waals surface area contributed by atoms with Crippen molar-refractivity contribution in [2.75, 3.05) is 0 Å². The summed E-state index contributed by atoms with van der Waals surface area (Å²) < 4.78 is 39.9. The van der Waals surface area contributed by atoms with Gasteiger partial charge >= 0.3 is 12.1 Å². The Kier molecular flexibility index (Phi) is 4.21. The van der Waals surface area contributed by atoms with Crippen molar-refractivity contribution in [3.05, 3.63) is 54.1 Å². The zero-order valence-electron chi connectivity index (χ0n) is 11.2. The quantitative estimate of drug-likeness (QED) is 0.891. The third kappa shape index (κ3) is 3.35. The van der Waals surface area contributed by atoms with Gasteiger partial charge in [0.15, 0.2) is 0 Å². The lowest BCUT2D eigenvalue weighted by molar-refractivity contribution is -0.208.